The Labute approximate surface area is 235 Å². The summed E-state index contributed by atoms with van der Waals surface area (Å²) >= 11 is 1.59. The molecule has 2 amide bonds. The van der Waals surface area contributed by atoms with Gasteiger partial charge in [-0.2, -0.15) is 0 Å². The molecular weight excluding hydrogens is 512 g/mol. The SMILES string of the molecule is Cc1cccc(C)c1CC1CSC(CNC(=O)[C@H](O)[C@@H](O)C(=O)N2CCCC2c2cccc(CN(C)C)c2)=N1. The Morgan fingerprint density at radius 2 is 1.85 bits per heavy atom. The van der Waals surface area contributed by atoms with Gasteiger partial charge in [-0.25, -0.2) is 0 Å². The van der Waals surface area contributed by atoms with E-state index >= 15 is 0 Å². The molecule has 3 N–H and O–H groups in total. The molecule has 2 heterocycles. The van der Waals surface area contributed by atoms with E-state index in [2.05, 4.69) is 48.3 Å². The first-order valence-electron chi connectivity index (χ1n) is 13.6. The molecule has 39 heavy (non-hydrogen) atoms. The highest BCUT2D eigenvalue weighted by Gasteiger charge is 2.38. The molecule has 0 bridgehead atoms. The van der Waals surface area contributed by atoms with Crippen LogP contribution in [0.5, 0.6) is 0 Å². The van der Waals surface area contributed by atoms with Crippen molar-refractivity contribution < 1.29 is 19.8 Å². The fourth-order valence-electron chi connectivity index (χ4n) is 5.43. The number of carbonyl (C=O) groups is 2. The standard InChI is InChI=1S/C30H40N4O4S/c1-19-8-5-9-20(2)24(19)15-23-18-39-26(32-23)16-31-29(37)27(35)28(36)30(38)34-13-7-12-25(34)22-11-6-10-21(14-22)17-33(3)4/h5-6,8-11,14,23,25,27-28,35-36H,7,12-13,15-18H2,1-4H3,(H,31,37)/t23?,25?,27-,28-/m1/s1. The minimum absolute atomic E-state index is 0.127. The van der Waals surface area contributed by atoms with Gasteiger partial charge < -0.3 is 25.3 Å². The summed E-state index contributed by atoms with van der Waals surface area (Å²) in [6, 6.07) is 14.3. The Bertz CT molecular complexity index is 1200. The van der Waals surface area contributed by atoms with Crippen molar-refractivity contribution in [2.75, 3.05) is 32.9 Å². The summed E-state index contributed by atoms with van der Waals surface area (Å²) < 4.78 is 0. The Morgan fingerprint density at radius 1 is 1.13 bits per heavy atom. The Kier molecular flexibility index (Phi) is 9.82. The normalized spacial score (nSPS) is 20.7. The molecule has 2 aliphatic rings. The van der Waals surface area contributed by atoms with Gasteiger partial charge in [-0.05, 0) is 75.0 Å². The quantitative estimate of drug-likeness (QED) is 0.419. The Hall–Kier alpha value is -2.72. The maximum absolute atomic E-state index is 13.2. The summed E-state index contributed by atoms with van der Waals surface area (Å²) in [7, 11) is 4.01. The number of aliphatic imine (C=N–C) groups is 1. The average molecular weight is 553 g/mol. The first-order valence-corrected chi connectivity index (χ1v) is 14.5. The van der Waals surface area contributed by atoms with Crippen molar-refractivity contribution in [3.63, 3.8) is 0 Å². The van der Waals surface area contributed by atoms with Crippen LogP contribution in [0.1, 0.15) is 46.7 Å². The lowest BCUT2D eigenvalue weighted by Gasteiger charge is -2.29. The number of carbonyl (C=O) groups excluding carboxylic acids is 2. The van der Waals surface area contributed by atoms with Crippen molar-refractivity contribution in [1.82, 2.24) is 15.1 Å². The maximum Gasteiger partial charge on any atom is 0.255 e. The molecule has 1 saturated heterocycles. The van der Waals surface area contributed by atoms with Crippen molar-refractivity contribution in [3.05, 3.63) is 70.3 Å². The van der Waals surface area contributed by atoms with Crippen molar-refractivity contribution >= 4 is 28.6 Å². The molecule has 1 fully saturated rings. The van der Waals surface area contributed by atoms with E-state index < -0.39 is 24.0 Å². The molecule has 2 aliphatic heterocycles. The summed E-state index contributed by atoms with van der Waals surface area (Å²) in [6.07, 6.45) is -1.27. The van der Waals surface area contributed by atoms with Crippen molar-refractivity contribution in [2.24, 2.45) is 4.99 Å². The fourth-order valence-corrected chi connectivity index (χ4v) is 6.41. The van der Waals surface area contributed by atoms with Crippen molar-refractivity contribution in [2.45, 2.75) is 63.9 Å². The van der Waals surface area contributed by atoms with E-state index in [1.807, 2.05) is 32.3 Å². The molecule has 2 unspecified atom stereocenters. The Balaban J connectivity index is 1.32. The van der Waals surface area contributed by atoms with Gasteiger partial charge >= 0.3 is 0 Å². The average Bonchev–Trinajstić information content (AvgIpc) is 3.58. The highest BCUT2D eigenvalue weighted by Crippen LogP contribution is 2.33. The van der Waals surface area contributed by atoms with E-state index in [0.717, 1.165) is 47.7 Å². The number of nitrogens with one attached hydrogen (secondary N) is 1. The van der Waals surface area contributed by atoms with Crippen LogP contribution < -0.4 is 5.32 Å². The predicted octanol–water partition coefficient (Wildman–Crippen LogP) is 2.62. The van der Waals surface area contributed by atoms with Gasteiger partial charge in [0.2, 0.25) is 0 Å². The molecule has 0 radical (unpaired) electrons. The number of hydrogen-bond donors (Lipinski definition) is 3. The third kappa shape index (κ3) is 7.28. The molecular formula is C30H40N4O4S. The second-order valence-electron chi connectivity index (χ2n) is 10.8. The van der Waals surface area contributed by atoms with E-state index in [9.17, 15) is 19.8 Å². The molecule has 9 heteroatoms. The summed E-state index contributed by atoms with van der Waals surface area (Å²) in [6.45, 7) is 5.63. The van der Waals surface area contributed by atoms with Gasteiger partial charge in [-0.1, -0.05) is 42.5 Å². The second kappa shape index (κ2) is 13.1. The fraction of sp³-hybridized carbons (Fsp3) is 0.500. The number of benzene rings is 2. The molecule has 4 atom stereocenters. The van der Waals surface area contributed by atoms with E-state index in [4.69, 9.17) is 4.99 Å². The second-order valence-corrected chi connectivity index (χ2v) is 11.9. The van der Waals surface area contributed by atoms with Crippen LogP contribution in [0.3, 0.4) is 0 Å². The molecule has 8 nitrogen and oxygen atoms in total. The molecule has 0 aliphatic carbocycles. The highest BCUT2D eigenvalue weighted by molar-refractivity contribution is 8.14. The lowest BCUT2D eigenvalue weighted by atomic mass is 9.97. The molecule has 2 aromatic carbocycles. The number of likely N-dealkylation sites (tertiary alicyclic amines) is 1. The smallest absolute Gasteiger partial charge is 0.255 e. The lowest BCUT2D eigenvalue weighted by Crippen LogP contribution is -2.51. The number of thioether (sulfide) groups is 1. The molecule has 4 rings (SSSR count). The van der Waals surface area contributed by atoms with E-state index in [1.165, 1.54) is 16.7 Å². The van der Waals surface area contributed by atoms with Crippen molar-refractivity contribution in [3.8, 4) is 0 Å². The van der Waals surface area contributed by atoms with Gasteiger partial charge in [0.05, 0.1) is 23.7 Å². The van der Waals surface area contributed by atoms with Crippen LogP contribution in [-0.2, 0) is 22.6 Å². The monoisotopic (exact) mass is 552 g/mol. The van der Waals surface area contributed by atoms with Gasteiger partial charge in [0.15, 0.2) is 12.2 Å². The summed E-state index contributed by atoms with van der Waals surface area (Å²) in [4.78, 5) is 34.2. The number of hydrogen-bond acceptors (Lipinski definition) is 7. The molecule has 0 aromatic heterocycles. The summed E-state index contributed by atoms with van der Waals surface area (Å²) in [5.74, 6) is -0.574. The zero-order chi connectivity index (χ0) is 28.1. The van der Waals surface area contributed by atoms with Gasteiger partial charge in [0.1, 0.15) is 0 Å². The third-order valence-corrected chi connectivity index (χ3v) is 8.59. The lowest BCUT2D eigenvalue weighted by molar-refractivity contribution is -0.153. The van der Waals surface area contributed by atoms with Crippen LogP contribution >= 0.6 is 11.8 Å². The summed E-state index contributed by atoms with van der Waals surface area (Å²) in [5.41, 5.74) is 5.94. The van der Waals surface area contributed by atoms with Gasteiger partial charge in [0.25, 0.3) is 11.8 Å². The number of aryl methyl sites for hydroxylation is 2. The highest BCUT2D eigenvalue weighted by atomic mass is 32.2. The summed E-state index contributed by atoms with van der Waals surface area (Å²) in [5, 5.41) is 24.6. The van der Waals surface area contributed by atoms with Crippen LogP contribution in [-0.4, -0.2) is 88.1 Å². The number of rotatable bonds is 10. The van der Waals surface area contributed by atoms with Crippen LogP contribution in [0.15, 0.2) is 47.5 Å². The predicted molar refractivity (Wildman–Crippen MR) is 156 cm³/mol. The molecule has 0 spiro atoms. The number of aliphatic hydroxyl groups is 2. The van der Waals surface area contributed by atoms with Gasteiger partial charge in [0, 0.05) is 18.8 Å². The number of amides is 2. The minimum atomic E-state index is -1.85. The van der Waals surface area contributed by atoms with Crippen molar-refractivity contribution in [1.29, 1.82) is 0 Å². The number of nitrogens with zero attached hydrogens (tertiary/aromatic N) is 3. The maximum atomic E-state index is 13.2. The molecule has 210 valence electrons. The topological polar surface area (TPSA) is 105 Å². The third-order valence-electron chi connectivity index (χ3n) is 7.46. The Morgan fingerprint density at radius 3 is 2.56 bits per heavy atom. The van der Waals surface area contributed by atoms with Gasteiger partial charge in [-0.15, -0.1) is 11.8 Å². The van der Waals surface area contributed by atoms with Crippen LogP contribution in [0.4, 0.5) is 0 Å². The van der Waals surface area contributed by atoms with E-state index in [0.29, 0.717) is 6.54 Å². The van der Waals surface area contributed by atoms with E-state index in [-0.39, 0.29) is 18.6 Å². The largest absolute Gasteiger partial charge is 0.380 e. The van der Waals surface area contributed by atoms with Gasteiger partial charge in [-0.3, -0.25) is 14.6 Å². The number of aliphatic hydroxyl groups excluding tert-OH is 2. The van der Waals surface area contributed by atoms with Crippen LogP contribution in [0, 0.1) is 13.8 Å². The molecule has 0 saturated carbocycles. The zero-order valence-electron chi connectivity index (χ0n) is 23.3. The van der Waals surface area contributed by atoms with E-state index in [1.54, 1.807) is 16.7 Å². The first-order chi connectivity index (χ1) is 18.6. The molecule has 2 aromatic rings. The first kappa shape index (κ1) is 29.3. The minimum Gasteiger partial charge on any atom is -0.380 e. The van der Waals surface area contributed by atoms with Crippen LogP contribution in [0.25, 0.3) is 0 Å². The zero-order valence-corrected chi connectivity index (χ0v) is 24.1. The van der Waals surface area contributed by atoms with Crippen LogP contribution in [0.2, 0.25) is 0 Å².